The van der Waals surface area contributed by atoms with E-state index in [1.807, 2.05) is 12.2 Å². The van der Waals surface area contributed by atoms with Crippen molar-refractivity contribution < 1.29 is 85.6 Å². The molecule has 0 spiro atoms. The Morgan fingerprint density at radius 3 is 2.41 bits per heavy atom. The molecule has 8 unspecified atom stereocenters. The Labute approximate surface area is 373 Å². The minimum atomic E-state index is -5.59. The fraction of sp³-hybridized carbons (Fsp3) is 0.657. The Hall–Kier alpha value is -3.00. The molecule has 2 aromatic heterocycles. The molecular formula is C35H58N7O18P3S. The Balaban J connectivity index is 1.38. The molecule has 3 heterocycles. The molecule has 64 heavy (non-hydrogen) atoms. The fourth-order valence-corrected chi connectivity index (χ4v) is 9.38. The third-order valence-corrected chi connectivity index (χ3v) is 13.2. The summed E-state index contributed by atoms with van der Waals surface area (Å²) in [6, 6.07) is 0. The van der Waals surface area contributed by atoms with E-state index in [9.17, 15) is 63.0 Å². The summed E-state index contributed by atoms with van der Waals surface area (Å²) in [7, 11) is -16.4. The van der Waals surface area contributed by atoms with Gasteiger partial charge in [-0.2, -0.15) is 4.31 Å². The second-order valence-electron chi connectivity index (χ2n) is 15.1. The lowest BCUT2D eigenvalue weighted by Gasteiger charge is -2.30. The van der Waals surface area contributed by atoms with Crippen LogP contribution in [0.25, 0.3) is 11.2 Å². The molecule has 3 rings (SSSR count). The summed E-state index contributed by atoms with van der Waals surface area (Å²) in [4.78, 5) is 88.1. The van der Waals surface area contributed by atoms with E-state index >= 15 is 0 Å². The lowest BCUT2D eigenvalue weighted by atomic mass is 9.87. The molecule has 1 aliphatic rings. The maximum atomic E-state index is 12.7. The summed E-state index contributed by atoms with van der Waals surface area (Å²) < 4.78 is 62.3. The lowest BCUT2D eigenvalue weighted by Crippen LogP contribution is -2.46. The normalized spacial score (nSPS) is 21.2. The van der Waals surface area contributed by atoms with E-state index in [0.29, 0.717) is 6.42 Å². The summed E-state index contributed by atoms with van der Waals surface area (Å²) in [6.45, 7) is 2.50. The molecule has 2 amide bonds. The number of aromatic nitrogens is 4. The van der Waals surface area contributed by atoms with E-state index < -0.39 is 90.7 Å². The van der Waals surface area contributed by atoms with Gasteiger partial charge in [0, 0.05) is 37.1 Å². The van der Waals surface area contributed by atoms with Crippen molar-refractivity contribution in [1.82, 2.24) is 30.2 Å². The van der Waals surface area contributed by atoms with Gasteiger partial charge in [-0.1, -0.05) is 76.1 Å². The average molecular weight is 990 g/mol. The van der Waals surface area contributed by atoms with Gasteiger partial charge in [0.2, 0.25) is 11.8 Å². The van der Waals surface area contributed by atoms with Gasteiger partial charge in [0.05, 0.1) is 25.6 Å². The van der Waals surface area contributed by atoms with Crippen molar-refractivity contribution in [1.29, 1.82) is 0 Å². The van der Waals surface area contributed by atoms with Crippen LogP contribution in [0.1, 0.15) is 78.4 Å². The summed E-state index contributed by atoms with van der Waals surface area (Å²) in [5.41, 5.74) is 4.24. The van der Waals surface area contributed by atoms with Gasteiger partial charge in [0.1, 0.15) is 36.3 Å². The second kappa shape index (κ2) is 25.8. The van der Waals surface area contributed by atoms with E-state index in [-0.39, 0.29) is 53.8 Å². The number of nitrogens with two attached hydrogens (primary N) is 1. The first-order valence-corrected chi connectivity index (χ1v) is 25.5. The van der Waals surface area contributed by atoms with E-state index in [0.717, 1.165) is 41.8 Å². The first-order valence-electron chi connectivity index (χ1n) is 20.0. The zero-order valence-corrected chi connectivity index (χ0v) is 38.9. The molecule has 0 aromatic carbocycles. The van der Waals surface area contributed by atoms with Crippen molar-refractivity contribution in [3.63, 3.8) is 0 Å². The van der Waals surface area contributed by atoms with Crippen LogP contribution < -0.4 is 16.4 Å². The Morgan fingerprint density at radius 1 is 1.00 bits per heavy atom. The smallest absolute Gasteiger partial charge is 0.392 e. The van der Waals surface area contributed by atoms with E-state index in [2.05, 4.69) is 47.4 Å². The quantitative estimate of drug-likeness (QED) is 0.0316. The number of nitrogen functional groups attached to an aromatic ring is 1. The highest BCUT2D eigenvalue weighted by Gasteiger charge is 2.50. The number of rotatable bonds is 29. The molecule has 2 aromatic rings. The molecule has 0 saturated carbocycles. The van der Waals surface area contributed by atoms with Gasteiger partial charge in [-0.15, -0.1) is 0 Å². The van der Waals surface area contributed by atoms with Crippen molar-refractivity contribution in [2.45, 2.75) is 109 Å². The minimum Gasteiger partial charge on any atom is -0.392 e. The first-order chi connectivity index (χ1) is 29.9. The summed E-state index contributed by atoms with van der Waals surface area (Å²) >= 11 is 0.957. The molecule has 362 valence electrons. The molecule has 1 saturated heterocycles. The number of amides is 2. The van der Waals surface area contributed by atoms with Gasteiger partial charge in [-0.05, 0) is 19.3 Å². The third kappa shape index (κ3) is 19.1. The van der Waals surface area contributed by atoms with Crippen molar-refractivity contribution in [3.8, 4) is 0 Å². The predicted molar refractivity (Wildman–Crippen MR) is 229 cm³/mol. The topological polar surface area (TPSA) is 384 Å². The van der Waals surface area contributed by atoms with Gasteiger partial charge in [0.25, 0.3) is 0 Å². The fourth-order valence-electron chi connectivity index (χ4n) is 5.81. The summed E-state index contributed by atoms with van der Waals surface area (Å²) in [6.07, 6.45) is 5.79. The Kier molecular flexibility index (Phi) is 22.3. The number of hydrogen-bond donors (Lipinski definition) is 10. The molecule has 11 N–H and O–H groups in total. The number of unbranched alkanes of at least 4 members (excludes halogenated alkanes) is 4. The van der Waals surface area contributed by atoms with Crippen LogP contribution in [0.5, 0.6) is 0 Å². The van der Waals surface area contributed by atoms with Crippen molar-refractivity contribution in [3.05, 3.63) is 37.0 Å². The number of anilines is 1. The van der Waals surface area contributed by atoms with Gasteiger partial charge in [-0.3, -0.25) is 32.5 Å². The molecule has 0 radical (unpaired) electrons. The molecule has 25 nitrogen and oxygen atoms in total. The molecule has 1 fully saturated rings. The molecule has 0 bridgehead atoms. The molecule has 29 heteroatoms. The van der Waals surface area contributed by atoms with Crippen molar-refractivity contribution >= 4 is 69.1 Å². The van der Waals surface area contributed by atoms with Crippen LogP contribution >= 0.6 is 35.2 Å². The first kappa shape index (κ1) is 55.3. The number of hydrogen-bond acceptors (Lipinski definition) is 19. The largest absolute Gasteiger partial charge is 0.481 e. The number of allylic oxidation sites excluding steroid dienone is 3. The SMILES string of the molecule is CCCCCC/C=C/C=C/CC(O)CC(=O)SCCNC(=O)CCNC(=O)C(O)C(C)(C)COP(=O)(O)OP(=O)(O)OCC1OC(n2cnc3c(N)ncnc32)C(O)C1OP(=O)(O)O. The van der Waals surface area contributed by atoms with E-state index in [1.165, 1.54) is 33.1 Å². The number of thioether (sulfide) groups is 1. The maximum absolute atomic E-state index is 12.7. The number of imidazole rings is 1. The molecular weight excluding hydrogens is 931 g/mol. The number of fused-ring (bicyclic) bond motifs is 1. The number of nitrogens with one attached hydrogen (secondary N) is 2. The third-order valence-electron chi connectivity index (χ3n) is 9.18. The van der Waals surface area contributed by atoms with Gasteiger partial charge < -0.3 is 56.0 Å². The van der Waals surface area contributed by atoms with Crippen LogP contribution in [0.4, 0.5) is 5.82 Å². The van der Waals surface area contributed by atoms with E-state index in [4.69, 9.17) is 19.5 Å². The second-order valence-corrected chi connectivity index (χ2v) is 20.5. The van der Waals surface area contributed by atoms with Crippen LogP contribution in [0, 0.1) is 5.41 Å². The number of carbonyl (C=O) groups excluding carboxylic acids is 3. The molecule has 8 atom stereocenters. The minimum absolute atomic E-state index is 0.0255. The lowest BCUT2D eigenvalue weighted by molar-refractivity contribution is -0.137. The van der Waals surface area contributed by atoms with Crippen LogP contribution in [-0.4, -0.2) is 134 Å². The van der Waals surface area contributed by atoms with Gasteiger partial charge in [0.15, 0.2) is 22.8 Å². The number of ether oxygens (including phenoxy) is 1. The standard InChI is InChI=1S/C35H58N7O18P3S/c1-4-5-6-7-8-9-10-11-12-13-23(43)18-26(45)64-17-16-37-25(44)14-15-38-33(48)30(47)35(2,3)20-57-63(54,55)60-62(52,53)56-19-24-29(59-61(49,50)51)28(46)34(58-24)42-22-41-27-31(36)39-21-40-32(27)42/h9-12,21-24,28-30,34,43,46-47H,4-8,13-20H2,1-3H3,(H,37,44)(H,38,48)(H,52,53)(H,54,55)(H2,36,39,40)(H2,49,50,51)/b10-9+,12-11+. The highest BCUT2D eigenvalue weighted by Crippen LogP contribution is 2.61. The molecule has 1 aliphatic heterocycles. The number of aliphatic hydroxyl groups is 3. The number of phosphoric ester groups is 3. The Bertz CT molecular complexity index is 2060. The van der Waals surface area contributed by atoms with Gasteiger partial charge >= 0.3 is 23.5 Å². The molecule has 0 aliphatic carbocycles. The van der Waals surface area contributed by atoms with Crippen LogP contribution in [0.2, 0.25) is 0 Å². The monoisotopic (exact) mass is 989 g/mol. The van der Waals surface area contributed by atoms with Gasteiger partial charge in [-0.25, -0.2) is 28.6 Å². The number of phosphoric acid groups is 3. The van der Waals surface area contributed by atoms with Crippen LogP contribution in [0.15, 0.2) is 37.0 Å². The average Bonchev–Trinajstić information content (AvgIpc) is 3.76. The number of nitrogens with zero attached hydrogens (tertiary/aromatic N) is 4. The number of aliphatic hydroxyl groups excluding tert-OH is 3. The van der Waals surface area contributed by atoms with E-state index in [1.54, 1.807) is 6.08 Å². The maximum Gasteiger partial charge on any atom is 0.481 e. The van der Waals surface area contributed by atoms with Crippen molar-refractivity contribution in [2.75, 3.05) is 37.8 Å². The number of carbonyl (C=O) groups is 3. The summed E-state index contributed by atoms with van der Waals surface area (Å²) in [5.74, 6) is -1.27. The highest BCUT2D eigenvalue weighted by molar-refractivity contribution is 8.13. The summed E-state index contributed by atoms with van der Waals surface area (Å²) in [5, 5.41) is 36.3. The Morgan fingerprint density at radius 2 is 1.70 bits per heavy atom. The van der Waals surface area contributed by atoms with Crippen LogP contribution in [-0.2, 0) is 50.7 Å². The zero-order chi connectivity index (χ0) is 47.7. The van der Waals surface area contributed by atoms with Crippen LogP contribution in [0.3, 0.4) is 0 Å². The van der Waals surface area contributed by atoms with Crippen molar-refractivity contribution in [2.24, 2.45) is 5.41 Å². The predicted octanol–water partition coefficient (Wildman–Crippen LogP) is 1.89. The zero-order valence-electron chi connectivity index (χ0n) is 35.4. The highest BCUT2D eigenvalue weighted by atomic mass is 32.2.